The Bertz CT molecular complexity index is 339. The number of halogens is 3. The lowest BCUT2D eigenvalue weighted by Crippen LogP contribution is -2.40. The largest absolute Gasteiger partial charge is 0.416 e. The summed E-state index contributed by atoms with van der Waals surface area (Å²) in [5.41, 5.74) is 0.237. The lowest BCUT2D eigenvalue weighted by atomic mass is 10.2. The number of nitrogens with zero attached hydrogens (tertiary/aromatic N) is 2. The molecular formula is C11H12F3N2. The first-order valence-electron chi connectivity index (χ1n) is 5.13. The van der Waals surface area contributed by atoms with Crippen molar-refractivity contribution in [2.45, 2.75) is 6.18 Å². The second-order valence-corrected chi connectivity index (χ2v) is 3.70. The number of piperazine rings is 1. The fraction of sp³-hybridized carbons (Fsp3) is 0.455. The van der Waals surface area contributed by atoms with Gasteiger partial charge in [-0.3, -0.25) is 0 Å². The lowest BCUT2D eigenvalue weighted by molar-refractivity contribution is -0.137. The van der Waals surface area contributed by atoms with Crippen LogP contribution in [0.3, 0.4) is 0 Å². The van der Waals surface area contributed by atoms with Crippen molar-refractivity contribution in [3.8, 4) is 0 Å². The summed E-state index contributed by atoms with van der Waals surface area (Å²) in [7, 11) is 0. The molecule has 5 heteroatoms. The van der Waals surface area contributed by atoms with E-state index < -0.39 is 11.7 Å². The molecule has 2 rings (SSSR count). The first-order valence-corrected chi connectivity index (χ1v) is 5.13. The number of hydrogen-bond donors (Lipinski definition) is 0. The highest BCUT2D eigenvalue weighted by atomic mass is 19.4. The van der Waals surface area contributed by atoms with E-state index in [1.807, 2.05) is 4.90 Å². The topological polar surface area (TPSA) is 17.3 Å². The number of hydrogen-bond acceptors (Lipinski definition) is 1. The standard InChI is InChI=1S/C11H12F3N2/c12-11(13,14)9-1-3-10(4-2-9)16-7-5-15-6-8-16/h1-4H,5-8H2. The molecule has 1 saturated heterocycles. The van der Waals surface area contributed by atoms with E-state index in [0.29, 0.717) is 0 Å². The third-order valence-electron chi connectivity index (χ3n) is 2.62. The van der Waals surface area contributed by atoms with Crippen LogP contribution in [-0.4, -0.2) is 26.2 Å². The van der Waals surface area contributed by atoms with Gasteiger partial charge in [-0.1, -0.05) is 0 Å². The molecule has 1 aromatic carbocycles. The van der Waals surface area contributed by atoms with Gasteiger partial charge in [-0.15, -0.1) is 0 Å². The Hall–Kier alpha value is -1.23. The van der Waals surface area contributed by atoms with Crippen LogP contribution in [0.2, 0.25) is 0 Å². The minimum Gasteiger partial charge on any atom is -0.369 e. The van der Waals surface area contributed by atoms with Gasteiger partial charge in [0.05, 0.1) is 5.56 Å². The predicted octanol–water partition coefficient (Wildman–Crippen LogP) is 2.13. The molecule has 0 amide bonds. The molecule has 0 aromatic heterocycles. The van der Waals surface area contributed by atoms with Crippen LogP contribution in [-0.2, 0) is 6.18 Å². The number of benzene rings is 1. The monoisotopic (exact) mass is 229 g/mol. The molecule has 0 saturated carbocycles. The van der Waals surface area contributed by atoms with Gasteiger partial charge >= 0.3 is 6.18 Å². The molecule has 1 radical (unpaired) electrons. The minimum absolute atomic E-state index is 0.599. The van der Waals surface area contributed by atoms with Gasteiger partial charge in [-0.2, -0.15) is 13.2 Å². The molecule has 1 fully saturated rings. The van der Waals surface area contributed by atoms with Crippen LogP contribution >= 0.6 is 0 Å². The van der Waals surface area contributed by atoms with Crippen LogP contribution < -0.4 is 10.2 Å². The fourth-order valence-electron chi connectivity index (χ4n) is 1.73. The molecule has 1 aliphatic rings. The number of anilines is 1. The highest BCUT2D eigenvalue weighted by Crippen LogP contribution is 2.30. The molecule has 0 N–H and O–H groups in total. The normalized spacial score (nSPS) is 17.6. The molecule has 2 nitrogen and oxygen atoms in total. The van der Waals surface area contributed by atoms with E-state index in [0.717, 1.165) is 44.0 Å². The second-order valence-electron chi connectivity index (χ2n) is 3.70. The third-order valence-corrected chi connectivity index (χ3v) is 2.62. The summed E-state index contributed by atoms with van der Waals surface area (Å²) in [6.45, 7) is 3.07. The zero-order chi connectivity index (χ0) is 11.6. The van der Waals surface area contributed by atoms with Crippen molar-refractivity contribution in [1.82, 2.24) is 5.32 Å². The summed E-state index contributed by atoms with van der Waals surface area (Å²) >= 11 is 0. The number of rotatable bonds is 1. The highest BCUT2D eigenvalue weighted by Gasteiger charge is 2.30. The van der Waals surface area contributed by atoms with Gasteiger partial charge in [0.15, 0.2) is 0 Å². The van der Waals surface area contributed by atoms with E-state index in [-0.39, 0.29) is 0 Å². The second kappa shape index (κ2) is 4.33. The smallest absolute Gasteiger partial charge is 0.369 e. The SMILES string of the molecule is FC(F)(F)c1ccc(N2CC[N]CC2)cc1. The Morgan fingerprint density at radius 3 is 2.06 bits per heavy atom. The fourth-order valence-corrected chi connectivity index (χ4v) is 1.73. The summed E-state index contributed by atoms with van der Waals surface area (Å²) in [5, 5.41) is 4.19. The van der Waals surface area contributed by atoms with E-state index in [1.54, 1.807) is 0 Å². The van der Waals surface area contributed by atoms with Gasteiger partial charge in [-0.05, 0) is 24.3 Å². The van der Waals surface area contributed by atoms with Crippen molar-refractivity contribution in [2.75, 3.05) is 31.1 Å². The van der Waals surface area contributed by atoms with Crippen molar-refractivity contribution >= 4 is 5.69 Å². The van der Waals surface area contributed by atoms with Crippen LogP contribution in [0.4, 0.5) is 18.9 Å². The maximum Gasteiger partial charge on any atom is 0.416 e. The van der Waals surface area contributed by atoms with Gasteiger partial charge in [0, 0.05) is 31.9 Å². The van der Waals surface area contributed by atoms with Crippen LogP contribution in [0.15, 0.2) is 24.3 Å². The third kappa shape index (κ3) is 2.47. The van der Waals surface area contributed by atoms with Crippen LogP contribution in [0.25, 0.3) is 0 Å². The summed E-state index contributed by atoms with van der Waals surface area (Å²) in [6.07, 6.45) is -4.25. The van der Waals surface area contributed by atoms with E-state index in [2.05, 4.69) is 5.32 Å². The van der Waals surface area contributed by atoms with Crippen LogP contribution in [0.5, 0.6) is 0 Å². The average Bonchev–Trinajstić information content (AvgIpc) is 2.29. The maximum absolute atomic E-state index is 12.3. The molecule has 0 unspecified atom stereocenters. The van der Waals surface area contributed by atoms with E-state index in [1.165, 1.54) is 12.1 Å². The Kier molecular flexibility index (Phi) is 3.05. The predicted molar refractivity (Wildman–Crippen MR) is 55.5 cm³/mol. The van der Waals surface area contributed by atoms with Crippen LogP contribution in [0, 0.1) is 0 Å². The zero-order valence-corrected chi connectivity index (χ0v) is 8.67. The summed E-state index contributed by atoms with van der Waals surface area (Å²) in [4.78, 5) is 2.05. The Balaban J connectivity index is 2.12. The van der Waals surface area contributed by atoms with Crippen molar-refractivity contribution < 1.29 is 13.2 Å². The molecule has 0 atom stereocenters. The molecule has 0 spiro atoms. The van der Waals surface area contributed by atoms with Crippen molar-refractivity contribution in [2.24, 2.45) is 0 Å². The van der Waals surface area contributed by atoms with Crippen molar-refractivity contribution in [3.05, 3.63) is 29.8 Å². The first kappa shape index (κ1) is 11.3. The average molecular weight is 229 g/mol. The van der Waals surface area contributed by atoms with E-state index >= 15 is 0 Å². The molecular weight excluding hydrogens is 217 g/mol. The van der Waals surface area contributed by atoms with E-state index in [4.69, 9.17) is 0 Å². The van der Waals surface area contributed by atoms with Crippen LogP contribution in [0.1, 0.15) is 5.56 Å². The molecule has 0 bridgehead atoms. The van der Waals surface area contributed by atoms with Gasteiger partial charge < -0.3 is 4.90 Å². The lowest BCUT2D eigenvalue weighted by Gasteiger charge is -2.28. The summed E-state index contributed by atoms with van der Waals surface area (Å²) < 4.78 is 37.0. The highest BCUT2D eigenvalue weighted by molar-refractivity contribution is 5.48. The van der Waals surface area contributed by atoms with Gasteiger partial charge in [0.2, 0.25) is 0 Å². The molecule has 1 aliphatic heterocycles. The maximum atomic E-state index is 12.3. The Morgan fingerprint density at radius 2 is 1.56 bits per heavy atom. The van der Waals surface area contributed by atoms with Crippen molar-refractivity contribution in [1.29, 1.82) is 0 Å². The minimum atomic E-state index is -4.25. The van der Waals surface area contributed by atoms with Crippen molar-refractivity contribution in [3.63, 3.8) is 0 Å². The van der Waals surface area contributed by atoms with Gasteiger partial charge in [-0.25, -0.2) is 5.32 Å². The summed E-state index contributed by atoms with van der Waals surface area (Å²) in [5.74, 6) is 0. The molecule has 1 aromatic rings. The van der Waals surface area contributed by atoms with Gasteiger partial charge in [0.1, 0.15) is 0 Å². The first-order chi connectivity index (χ1) is 7.57. The quantitative estimate of drug-likeness (QED) is 0.721. The van der Waals surface area contributed by atoms with E-state index in [9.17, 15) is 13.2 Å². The summed E-state index contributed by atoms with van der Waals surface area (Å²) in [6, 6.07) is 5.30. The molecule has 87 valence electrons. The molecule has 16 heavy (non-hydrogen) atoms. The Labute approximate surface area is 92.1 Å². The number of alkyl halides is 3. The zero-order valence-electron chi connectivity index (χ0n) is 8.67. The van der Waals surface area contributed by atoms with Gasteiger partial charge in [0.25, 0.3) is 0 Å². The molecule has 1 heterocycles. The molecule has 0 aliphatic carbocycles. The Morgan fingerprint density at radius 1 is 1.00 bits per heavy atom.